The molecule has 1 atom stereocenters. The lowest BCUT2D eigenvalue weighted by Gasteiger charge is -2.32. The van der Waals surface area contributed by atoms with Crippen LogP contribution in [0.1, 0.15) is 37.3 Å². The molecule has 0 spiro atoms. The van der Waals surface area contributed by atoms with Crippen LogP contribution in [0.4, 0.5) is 4.79 Å². The first kappa shape index (κ1) is 25.5. The third kappa shape index (κ3) is 7.40. The number of nitrogens with zero attached hydrogens (tertiary/aromatic N) is 1. The maximum Gasteiger partial charge on any atom is 0.409 e. The zero-order valence-electron chi connectivity index (χ0n) is 18.6. The molecule has 0 aliphatic carbocycles. The van der Waals surface area contributed by atoms with Crippen molar-refractivity contribution in [1.29, 1.82) is 0 Å². The summed E-state index contributed by atoms with van der Waals surface area (Å²) < 4.78 is 33.6. The molecule has 31 heavy (non-hydrogen) atoms. The minimum atomic E-state index is -3.84. The van der Waals surface area contributed by atoms with Crippen molar-refractivity contribution in [3.8, 4) is 0 Å². The first-order valence-corrected chi connectivity index (χ1v) is 13.4. The first-order chi connectivity index (χ1) is 14.7. The number of thioether (sulfide) groups is 1. The largest absolute Gasteiger partial charge is 0.450 e. The Bertz CT molecular complexity index is 868. The zero-order valence-corrected chi connectivity index (χ0v) is 20.3. The molecule has 0 bridgehead atoms. The number of hydrogen-bond acceptors (Lipinski definition) is 6. The Morgan fingerprint density at radius 2 is 1.94 bits per heavy atom. The Kier molecular flexibility index (Phi) is 9.64. The van der Waals surface area contributed by atoms with Crippen LogP contribution in [0.25, 0.3) is 0 Å². The molecular formula is C21H33N3O5S2. The molecule has 1 heterocycles. The van der Waals surface area contributed by atoms with E-state index in [2.05, 4.69) is 10.0 Å². The Morgan fingerprint density at radius 3 is 2.55 bits per heavy atom. The van der Waals surface area contributed by atoms with E-state index in [1.165, 1.54) is 0 Å². The highest BCUT2D eigenvalue weighted by Crippen LogP contribution is 2.18. The second-order valence-electron chi connectivity index (χ2n) is 7.69. The lowest BCUT2D eigenvalue weighted by Crippen LogP contribution is -2.52. The summed E-state index contributed by atoms with van der Waals surface area (Å²) in [6, 6.07) is 4.26. The van der Waals surface area contributed by atoms with Crippen molar-refractivity contribution in [3.63, 3.8) is 0 Å². The fourth-order valence-corrected chi connectivity index (χ4v) is 5.48. The average molecular weight is 472 g/mol. The number of sulfonamides is 1. The molecular weight excluding hydrogens is 438 g/mol. The van der Waals surface area contributed by atoms with E-state index < -0.39 is 16.1 Å². The number of hydrogen-bond donors (Lipinski definition) is 2. The smallest absolute Gasteiger partial charge is 0.409 e. The highest BCUT2D eigenvalue weighted by molar-refractivity contribution is 7.98. The van der Waals surface area contributed by atoms with Crippen LogP contribution in [-0.4, -0.2) is 69.1 Å². The van der Waals surface area contributed by atoms with E-state index in [0.717, 1.165) is 5.56 Å². The molecule has 174 valence electrons. The van der Waals surface area contributed by atoms with Gasteiger partial charge in [-0.3, -0.25) is 4.79 Å². The fraction of sp³-hybridized carbons (Fsp3) is 0.619. The summed E-state index contributed by atoms with van der Waals surface area (Å²) >= 11 is 1.56. The third-order valence-corrected chi connectivity index (χ3v) is 7.48. The summed E-state index contributed by atoms with van der Waals surface area (Å²) in [4.78, 5) is 26.6. The number of piperidine rings is 1. The minimum absolute atomic E-state index is 0.111. The summed E-state index contributed by atoms with van der Waals surface area (Å²) in [6.45, 7) is 6.65. The molecule has 2 N–H and O–H groups in total. The quantitative estimate of drug-likeness (QED) is 0.573. The van der Waals surface area contributed by atoms with Crippen LogP contribution in [0, 0.1) is 13.8 Å². The van der Waals surface area contributed by atoms with Gasteiger partial charge in [-0.05, 0) is 69.2 Å². The topological polar surface area (TPSA) is 105 Å². The second kappa shape index (κ2) is 11.7. The second-order valence-corrected chi connectivity index (χ2v) is 10.4. The molecule has 1 aromatic carbocycles. The van der Waals surface area contributed by atoms with Gasteiger partial charge in [0.05, 0.1) is 11.5 Å². The minimum Gasteiger partial charge on any atom is -0.450 e. The number of amides is 2. The molecule has 0 unspecified atom stereocenters. The zero-order chi connectivity index (χ0) is 23.0. The molecule has 10 heteroatoms. The van der Waals surface area contributed by atoms with E-state index in [-0.39, 0.29) is 22.9 Å². The first-order valence-electron chi connectivity index (χ1n) is 10.5. The van der Waals surface area contributed by atoms with Gasteiger partial charge < -0.3 is 15.0 Å². The van der Waals surface area contributed by atoms with Gasteiger partial charge in [0.1, 0.15) is 6.04 Å². The van der Waals surface area contributed by atoms with Crippen LogP contribution in [0.3, 0.4) is 0 Å². The summed E-state index contributed by atoms with van der Waals surface area (Å²) in [6.07, 6.45) is 3.16. The molecule has 2 amide bonds. The van der Waals surface area contributed by atoms with Gasteiger partial charge in [-0.25, -0.2) is 13.2 Å². The van der Waals surface area contributed by atoms with E-state index in [1.807, 2.05) is 19.2 Å². The van der Waals surface area contributed by atoms with Crippen molar-refractivity contribution in [2.45, 2.75) is 57.0 Å². The molecule has 1 saturated heterocycles. The van der Waals surface area contributed by atoms with E-state index >= 15 is 0 Å². The van der Waals surface area contributed by atoms with E-state index in [4.69, 9.17) is 4.74 Å². The van der Waals surface area contributed by atoms with Crippen LogP contribution in [-0.2, 0) is 19.6 Å². The summed E-state index contributed by atoms with van der Waals surface area (Å²) in [5.41, 5.74) is 1.47. The standard InChI is InChI=1S/C21H33N3O5S2/c1-5-29-21(26)24-11-8-17(9-12-24)22-20(25)18(10-13-30-4)23-31(27,28)19-14-15(2)6-7-16(19)3/h6-7,14,17-18,23H,5,8-13H2,1-4H3,(H,22,25)/t18-/m0/s1. The van der Waals surface area contributed by atoms with E-state index in [1.54, 1.807) is 42.6 Å². The van der Waals surface area contributed by atoms with Crippen LogP contribution in [0.2, 0.25) is 0 Å². The highest BCUT2D eigenvalue weighted by Gasteiger charge is 2.30. The SMILES string of the molecule is CCOC(=O)N1CCC(NC(=O)[C@H](CCSC)NS(=O)(=O)c2cc(C)ccc2C)CC1. The number of carbonyl (C=O) groups is 2. The van der Waals surface area contributed by atoms with Crippen LogP contribution in [0.5, 0.6) is 0 Å². The number of rotatable bonds is 9. The normalized spacial score (nSPS) is 16.1. The Balaban J connectivity index is 2.04. The maximum atomic E-state index is 13.0. The monoisotopic (exact) mass is 471 g/mol. The van der Waals surface area contributed by atoms with Crippen LogP contribution in [0.15, 0.2) is 23.1 Å². The van der Waals surface area contributed by atoms with Crippen molar-refractivity contribution in [2.24, 2.45) is 0 Å². The van der Waals surface area contributed by atoms with E-state index in [9.17, 15) is 18.0 Å². The number of aryl methyl sites for hydroxylation is 2. The Hall–Kier alpha value is -1.78. The predicted octanol–water partition coefficient (Wildman–Crippen LogP) is 2.44. The van der Waals surface area contributed by atoms with Crippen LogP contribution >= 0.6 is 11.8 Å². The highest BCUT2D eigenvalue weighted by atomic mass is 32.2. The molecule has 2 rings (SSSR count). The third-order valence-electron chi connectivity index (χ3n) is 5.23. The predicted molar refractivity (Wildman–Crippen MR) is 123 cm³/mol. The number of benzene rings is 1. The molecule has 0 saturated carbocycles. The van der Waals surface area contributed by atoms with Crippen molar-refractivity contribution in [2.75, 3.05) is 31.7 Å². The molecule has 0 radical (unpaired) electrons. The van der Waals surface area contributed by atoms with Crippen molar-refractivity contribution in [1.82, 2.24) is 14.9 Å². The molecule has 8 nitrogen and oxygen atoms in total. The number of nitrogens with one attached hydrogen (secondary N) is 2. The molecule has 1 aliphatic rings. The molecule has 1 aliphatic heterocycles. The maximum absolute atomic E-state index is 13.0. The molecule has 1 aromatic rings. The van der Waals surface area contributed by atoms with Gasteiger partial charge in [-0.2, -0.15) is 16.5 Å². The average Bonchev–Trinajstić information content (AvgIpc) is 2.73. The number of ether oxygens (including phenoxy) is 1. The van der Waals surface area contributed by atoms with Crippen molar-refractivity contribution >= 4 is 33.8 Å². The number of carbonyl (C=O) groups excluding carboxylic acids is 2. The van der Waals surface area contributed by atoms with Gasteiger partial charge in [0.15, 0.2) is 0 Å². The van der Waals surface area contributed by atoms with Gasteiger partial charge >= 0.3 is 6.09 Å². The van der Waals surface area contributed by atoms with Crippen molar-refractivity contribution < 1.29 is 22.7 Å². The fourth-order valence-electron chi connectivity index (χ4n) is 3.45. The van der Waals surface area contributed by atoms with Gasteiger partial charge in [-0.1, -0.05) is 12.1 Å². The van der Waals surface area contributed by atoms with Gasteiger partial charge in [0, 0.05) is 19.1 Å². The Labute approximate surface area is 189 Å². The van der Waals surface area contributed by atoms with Crippen molar-refractivity contribution in [3.05, 3.63) is 29.3 Å². The Morgan fingerprint density at radius 1 is 1.26 bits per heavy atom. The summed E-state index contributed by atoms with van der Waals surface area (Å²) in [5, 5.41) is 2.97. The van der Waals surface area contributed by atoms with Gasteiger partial charge in [0.2, 0.25) is 15.9 Å². The van der Waals surface area contributed by atoms with Gasteiger partial charge in [-0.15, -0.1) is 0 Å². The van der Waals surface area contributed by atoms with E-state index in [0.29, 0.717) is 50.3 Å². The summed E-state index contributed by atoms with van der Waals surface area (Å²) in [5.74, 6) is 0.312. The lowest BCUT2D eigenvalue weighted by atomic mass is 10.0. The molecule has 0 aromatic heterocycles. The molecule has 1 fully saturated rings. The lowest BCUT2D eigenvalue weighted by molar-refractivity contribution is -0.123. The van der Waals surface area contributed by atoms with Crippen LogP contribution < -0.4 is 10.0 Å². The summed E-state index contributed by atoms with van der Waals surface area (Å²) in [7, 11) is -3.84. The van der Waals surface area contributed by atoms with Gasteiger partial charge in [0.25, 0.3) is 0 Å². The number of likely N-dealkylation sites (tertiary alicyclic amines) is 1.